The Morgan fingerprint density at radius 1 is 1.43 bits per heavy atom. The van der Waals surface area contributed by atoms with Crippen molar-refractivity contribution in [2.75, 3.05) is 0 Å². The second-order valence-corrected chi connectivity index (χ2v) is 6.82. The van der Waals surface area contributed by atoms with Crippen molar-refractivity contribution in [3.8, 4) is 0 Å². The van der Waals surface area contributed by atoms with E-state index in [-0.39, 0.29) is 17.8 Å². The number of aryl methyl sites for hydroxylation is 2. The van der Waals surface area contributed by atoms with Crippen LogP contribution in [0.4, 0.5) is 4.39 Å². The highest BCUT2D eigenvalue weighted by Crippen LogP contribution is 2.42. The second-order valence-electron chi connectivity index (χ2n) is 5.56. The third-order valence-corrected chi connectivity index (χ3v) is 4.73. The first-order valence-corrected chi connectivity index (χ1v) is 7.85. The fourth-order valence-corrected chi connectivity index (χ4v) is 3.30. The van der Waals surface area contributed by atoms with Crippen LogP contribution in [0.5, 0.6) is 0 Å². The zero-order chi connectivity index (χ0) is 15.0. The lowest BCUT2D eigenvalue weighted by atomic mass is 10.1. The molecule has 0 saturated heterocycles. The van der Waals surface area contributed by atoms with E-state index in [1.165, 1.54) is 12.1 Å². The minimum Gasteiger partial charge on any atom is -0.343 e. The SMILES string of the molecule is Cc1cnc(C(NC(=O)c2cc(F)ccc2C)C2CC2)s1. The molecule has 1 atom stereocenters. The van der Waals surface area contributed by atoms with Gasteiger partial charge >= 0.3 is 0 Å². The fraction of sp³-hybridized carbons (Fsp3) is 0.375. The number of nitrogens with one attached hydrogen (secondary N) is 1. The molecule has 1 heterocycles. The highest BCUT2D eigenvalue weighted by atomic mass is 32.1. The van der Waals surface area contributed by atoms with Gasteiger partial charge in [0.15, 0.2) is 0 Å². The van der Waals surface area contributed by atoms with Crippen molar-refractivity contribution in [2.45, 2.75) is 32.7 Å². The fourth-order valence-electron chi connectivity index (χ4n) is 2.38. The van der Waals surface area contributed by atoms with E-state index in [4.69, 9.17) is 0 Å². The van der Waals surface area contributed by atoms with Crippen LogP contribution in [0.1, 0.15) is 44.7 Å². The molecule has 0 spiro atoms. The minimum atomic E-state index is -0.390. The number of nitrogens with zero attached hydrogens (tertiary/aromatic N) is 1. The molecule has 1 aromatic heterocycles. The maximum absolute atomic E-state index is 13.4. The Labute approximate surface area is 127 Å². The molecule has 1 amide bonds. The largest absolute Gasteiger partial charge is 0.343 e. The molecule has 1 aliphatic carbocycles. The Kier molecular flexibility index (Phi) is 3.76. The monoisotopic (exact) mass is 304 g/mol. The summed E-state index contributed by atoms with van der Waals surface area (Å²) in [5.41, 5.74) is 1.17. The molecule has 3 nitrogen and oxygen atoms in total. The summed E-state index contributed by atoms with van der Waals surface area (Å²) < 4.78 is 13.4. The van der Waals surface area contributed by atoms with Crippen LogP contribution in [-0.2, 0) is 0 Å². The molecule has 3 rings (SSSR count). The Hall–Kier alpha value is -1.75. The van der Waals surface area contributed by atoms with Crippen LogP contribution in [-0.4, -0.2) is 10.9 Å². The van der Waals surface area contributed by atoms with Gasteiger partial charge in [-0.25, -0.2) is 9.37 Å². The Morgan fingerprint density at radius 2 is 2.19 bits per heavy atom. The number of amides is 1. The second kappa shape index (κ2) is 5.56. The number of thiazole rings is 1. The van der Waals surface area contributed by atoms with Gasteiger partial charge < -0.3 is 5.32 Å². The maximum Gasteiger partial charge on any atom is 0.252 e. The van der Waals surface area contributed by atoms with Crippen molar-refractivity contribution < 1.29 is 9.18 Å². The number of hydrogen-bond acceptors (Lipinski definition) is 3. The Balaban J connectivity index is 1.83. The number of halogens is 1. The van der Waals surface area contributed by atoms with Crippen LogP contribution in [0.3, 0.4) is 0 Å². The van der Waals surface area contributed by atoms with Crippen molar-refractivity contribution in [3.05, 3.63) is 51.2 Å². The summed E-state index contributed by atoms with van der Waals surface area (Å²) in [5.74, 6) is -0.163. The van der Waals surface area contributed by atoms with Gasteiger partial charge in [0, 0.05) is 16.6 Å². The van der Waals surface area contributed by atoms with Gasteiger partial charge in [-0.15, -0.1) is 11.3 Å². The van der Waals surface area contributed by atoms with E-state index in [0.717, 1.165) is 28.3 Å². The Morgan fingerprint density at radius 3 is 2.81 bits per heavy atom. The first-order chi connectivity index (χ1) is 10.0. The molecule has 1 aromatic carbocycles. The molecule has 1 saturated carbocycles. The first kappa shape index (κ1) is 14.2. The summed E-state index contributed by atoms with van der Waals surface area (Å²) in [5, 5.41) is 3.98. The summed E-state index contributed by atoms with van der Waals surface area (Å²) in [4.78, 5) is 18.0. The number of aromatic nitrogens is 1. The standard InChI is InChI=1S/C16H17FN2OS/c1-9-3-6-12(17)7-13(9)15(20)19-14(11-4-5-11)16-18-8-10(2)21-16/h3,6-8,11,14H,4-5H2,1-2H3,(H,19,20). The Bertz CT molecular complexity index is 679. The molecule has 2 aromatic rings. The highest BCUT2D eigenvalue weighted by molar-refractivity contribution is 7.11. The maximum atomic E-state index is 13.4. The van der Waals surface area contributed by atoms with E-state index in [0.29, 0.717) is 11.5 Å². The minimum absolute atomic E-state index is 0.0566. The van der Waals surface area contributed by atoms with Gasteiger partial charge in [0.05, 0.1) is 6.04 Å². The molecular weight excluding hydrogens is 287 g/mol. The molecule has 110 valence electrons. The van der Waals surface area contributed by atoms with Gasteiger partial charge in [0.25, 0.3) is 5.91 Å². The summed E-state index contributed by atoms with van der Waals surface area (Å²) in [7, 11) is 0. The molecular formula is C16H17FN2OS. The predicted octanol–water partition coefficient (Wildman–Crippen LogP) is 3.78. The van der Waals surface area contributed by atoms with Gasteiger partial charge in [-0.05, 0) is 50.3 Å². The van der Waals surface area contributed by atoms with E-state index in [1.807, 2.05) is 20.0 Å². The van der Waals surface area contributed by atoms with Gasteiger partial charge in [-0.3, -0.25) is 4.79 Å². The van der Waals surface area contributed by atoms with Crippen LogP contribution in [0, 0.1) is 25.6 Å². The summed E-state index contributed by atoms with van der Waals surface area (Å²) in [6.07, 6.45) is 4.03. The highest BCUT2D eigenvalue weighted by Gasteiger charge is 2.35. The molecule has 1 N–H and O–H groups in total. The van der Waals surface area contributed by atoms with Crippen LogP contribution in [0.25, 0.3) is 0 Å². The summed E-state index contributed by atoms with van der Waals surface area (Å²) in [6.45, 7) is 3.82. The lowest BCUT2D eigenvalue weighted by Gasteiger charge is -2.16. The van der Waals surface area contributed by atoms with E-state index in [9.17, 15) is 9.18 Å². The smallest absolute Gasteiger partial charge is 0.252 e. The average Bonchev–Trinajstić information content (AvgIpc) is 3.20. The van der Waals surface area contributed by atoms with E-state index < -0.39 is 0 Å². The summed E-state index contributed by atoms with van der Waals surface area (Å²) >= 11 is 1.61. The molecule has 21 heavy (non-hydrogen) atoms. The van der Waals surface area contributed by atoms with Crippen molar-refractivity contribution in [1.29, 1.82) is 0 Å². The number of rotatable bonds is 4. The quantitative estimate of drug-likeness (QED) is 0.934. The normalized spacial score (nSPS) is 15.8. The van der Waals surface area contributed by atoms with E-state index >= 15 is 0 Å². The molecule has 1 fully saturated rings. The van der Waals surface area contributed by atoms with Crippen molar-refractivity contribution in [1.82, 2.24) is 10.3 Å². The van der Waals surface area contributed by atoms with E-state index in [1.54, 1.807) is 17.4 Å². The van der Waals surface area contributed by atoms with E-state index in [2.05, 4.69) is 10.3 Å². The molecule has 0 radical (unpaired) electrons. The zero-order valence-corrected chi connectivity index (χ0v) is 12.8. The van der Waals surface area contributed by atoms with Gasteiger partial charge in [-0.2, -0.15) is 0 Å². The molecule has 0 aliphatic heterocycles. The van der Waals surface area contributed by atoms with Gasteiger partial charge in [-0.1, -0.05) is 6.07 Å². The van der Waals surface area contributed by atoms with Crippen LogP contribution in [0.2, 0.25) is 0 Å². The number of carbonyl (C=O) groups excluding carboxylic acids is 1. The molecule has 1 unspecified atom stereocenters. The topological polar surface area (TPSA) is 42.0 Å². The third kappa shape index (κ3) is 3.13. The van der Waals surface area contributed by atoms with Crippen LogP contribution < -0.4 is 5.32 Å². The van der Waals surface area contributed by atoms with Gasteiger partial charge in [0.2, 0.25) is 0 Å². The van der Waals surface area contributed by atoms with Crippen molar-refractivity contribution >= 4 is 17.2 Å². The van der Waals surface area contributed by atoms with Gasteiger partial charge in [0.1, 0.15) is 10.8 Å². The first-order valence-electron chi connectivity index (χ1n) is 7.04. The number of benzene rings is 1. The molecule has 1 aliphatic rings. The van der Waals surface area contributed by atoms with Crippen LogP contribution >= 0.6 is 11.3 Å². The number of hydrogen-bond donors (Lipinski definition) is 1. The van der Waals surface area contributed by atoms with Crippen LogP contribution in [0.15, 0.2) is 24.4 Å². The van der Waals surface area contributed by atoms with Crippen molar-refractivity contribution in [3.63, 3.8) is 0 Å². The third-order valence-electron chi connectivity index (χ3n) is 3.73. The number of carbonyl (C=O) groups is 1. The summed E-state index contributed by atoms with van der Waals surface area (Å²) in [6, 6.07) is 4.24. The molecule has 5 heteroatoms. The lowest BCUT2D eigenvalue weighted by Crippen LogP contribution is -2.30. The zero-order valence-electron chi connectivity index (χ0n) is 12.0. The predicted molar refractivity (Wildman–Crippen MR) is 80.9 cm³/mol. The molecule has 0 bridgehead atoms. The lowest BCUT2D eigenvalue weighted by molar-refractivity contribution is 0.0930. The van der Waals surface area contributed by atoms with Crippen molar-refractivity contribution in [2.24, 2.45) is 5.92 Å². The average molecular weight is 304 g/mol.